The number of nitrogens with zero attached hydrogens (tertiary/aromatic N) is 1. The second-order valence-electron chi connectivity index (χ2n) is 4.32. The molecule has 4 nitrogen and oxygen atoms in total. The zero-order valence-electron chi connectivity index (χ0n) is 10.3. The number of carbonyl (C=O) groups excluding carboxylic acids is 2. The number of rotatable bonds is 5. The van der Waals surface area contributed by atoms with E-state index >= 15 is 0 Å². The lowest BCUT2D eigenvalue weighted by Gasteiger charge is -2.23. The fourth-order valence-electron chi connectivity index (χ4n) is 2.17. The molecule has 0 radical (unpaired) electrons. The SMILES string of the molecule is CCCCCC(=O)N1CCCC1C(=O)NC. The smallest absolute Gasteiger partial charge is 0.242 e. The summed E-state index contributed by atoms with van der Waals surface area (Å²) in [6, 6.07) is -0.223. The summed E-state index contributed by atoms with van der Waals surface area (Å²) in [6.07, 6.45) is 5.47. The van der Waals surface area contributed by atoms with Gasteiger partial charge in [0.05, 0.1) is 0 Å². The minimum atomic E-state index is -0.223. The first-order valence-corrected chi connectivity index (χ1v) is 6.21. The van der Waals surface area contributed by atoms with Gasteiger partial charge in [0.1, 0.15) is 6.04 Å². The van der Waals surface area contributed by atoms with E-state index in [1.54, 1.807) is 11.9 Å². The van der Waals surface area contributed by atoms with Gasteiger partial charge in [-0.15, -0.1) is 0 Å². The molecule has 1 aliphatic rings. The second-order valence-corrected chi connectivity index (χ2v) is 4.32. The van der Waals surface area contributed by atoms with Crippen molar-refractivity contribution in [2.24, 2.45) is 0 Å². The highest BCUT2D eigenvalue weighted by Crippen LogP contribution is 2.19. The molecule has 0 aromatic carbocycles. The van der Waals surface area contributed by atoms with Crippen LogP contribution in [0.4, 0.5) is 0 Å². The average molecular weight is 226 g/mol. The highest BCUT2D eigenvalue weighted by atomic mass is 16.2. The van der Waals surface area contributed by atoms with Gasteiger partial charge in [0, 0.05) is 20.0 Å². The van der Waals surface area contributed by atoms with Crippen LogP contribution in [0, 0.1) is 0 Å². The number of likely N-dealkylation sites (N-methyl/N-ethyl adjacent to an activating group) is 1. The first-order valence-electron chi connectivity index (χ1n) is 6.21. The Labute approximate surface area is 97.4 Å². The Bertz CT molecular complexity index is 253. The number of unbranched alkanes of at least 4 members (excludes halogenated alkanes) is 2. The standard InChI is InChI=1S/C12H22N2O2/c1-3-4-5-8-11(15)14-9-6-7-10(14)12(16)13-2/h10H,3-9H2,1-2H3,(H,13,16). The number of nitrogens with one attached hydrogen (secondary N) is 1. The fourth-order valence-corrected chi connectivity index (χ4v) is 2.17. The molecule has 0 aromatic rings. The molecule has 2 amide bonds. The zero-order valence-corrected chi connectivity index (χ0v) is 10.3. The molecule has 1 unspecified atom stereocenters. The molecule has 0 saturated carbocycles. The van der Waals surface area contributed by atoms with Crippen molar-refractivity contribution in [3.63, 3.8) is 0 Å². The summed E-state index contributed by atoms with van der Waals surface area (Å²) in [4.78, 5) is 25.2. The summed E-state index contributed by atoms with van der Waals surface area (Å²) in [7, 11) is 1.63. The van der Waals surface area contributed by atoms with Gasteiger partial charge in [-0.2, -0.15) is 0 Å². The maximum Gasteiger partial charge on any atom is 0.242 e. The van der Waals surface area contributed by atoms with Crippen LogP contribution in [-0.4, -0.2) is 36.3 Å². The third-order valence-electron chi connectivity index (χ3n) is 3.12. The van der Waals surface area contributed by atoms with E-state index < -0.39 is 0 Å². The largest absolute Gasteiger partial charge is 0.357 e. The normalized spacial score (nSPS) is 19.9. The van der Waals surface area contributed by atoms with Crippen molar-refractivity contribution in [1.82, 2.24) is 10.2 Å². The van der Waals surface area contributed by atoms with Crippen LogP contribution in [0.2, 0.25) is 0 Å². The van der Waals surface area contributed by atoms with Crippen LogP contribution in [0.5, 0.6) is 0 Å². The fraction of sp³-hybridized carbons (Fsp3) is 0.833. The molecule has 1 fully saturated rings. The quantitative estimate of drug-likeness (QED) is 0.718. The van der Waals surface area contributed by atoms with E-state index in [-0.39, 0.29) is 17.9 Å². The van der Waals surface area contributed by atoms with Crippen LogP contribution < -0.4 is 5.32 Å². The highest BCUT2D eigenvalue weighted by molar-refractivity contribution is 5.88. The molecule has 1 atom stereocenters. The maximum absolute atomic E-state index is 11.9. The maximum atomic E-state index is 11.9. The van der Waals surface area contributed by atoms with Crippen molar-refractivity contribution in [3.8, 4) is 0 Å². The van der Waals surface area contributed by atoms with Crippen molar-refractivity contribution in [3.05, 3.63) is 0 Å². The van der Waals surface area contributed by atoms with Crippen molar-refractivity contribution < 1.29 is 9.59 Å². The van der Waals surface area contributed by atoms with Crippen LogP contribution in [0.3, 0.4) is 0 Å². The molecular weight excluding hydrogens is 204 g/mol. The first-order chi connectivity index (χ1) is 7.70. The van der Waals surface area contributed by atoms with Crippen LogP contribution in [0.1, 0.15) is 45.4 Å². The van der Waals surface area contributed by atoms with E-state index in [0.717, 1.165) is 38.6 Å². The third kappa shape index (κ3) is 3.22. The Morgan fingerprint density at radius 1 is 1.38 bits per heavy atom. The Morgan fingerprint density at radius 2 is 2.12 bits per heavy atom. The van der Waals surface area contributed by atoms with E-state index in [4.69, 9.17) is 0 Å². The molecule has 1 heterocycles. The van der Waals surface area contributed by atoms with Crippen LogP contribution >= 0.6 is 0 Å². The second kappa shape index (κ2) is 6.51. The molecule has 4 heteroatoms. The van der Waals surface area contributed by atoms with Crippen molar-refractivity contribution in [2.45, 2.75) is 51.5 Å². The predicted molar refractivity (Wildman–Crippen MR) is 62.9 cm³/mol. The van der Waals surface area contributed by atoms with Gasteiger partial charge in [-0.1, -0.05) is 19.8 Å². The van der Waals surface area contributed by atoms with E-state index in [2.05, 4.69) is 12.2 Å². The number of hydrogen-bond acceptors (Lipinski definition) is 2. The third-order valence-corrected chi connectivity index (χ3v) is 3.12. The van der Waals surface area contributed by atoms with Crippen molar-refractivity contribution in [1.29, 1.82) is 0 Å². The highest BCUT2D eigenvalue weighted by Gasteiger charge is 2.32. The van der Waals surface area contributed by atoms with E-state index in [1.807, 2.05) is 0 Å². The summed E-state index contributed by atoms with van der Waals surface area (Å²) < 4.78 is 0. The molecular formula is C12H22N2O2. The lowest BCUT2D eigenvalue weighted by Crippen LogP contribution is -2.44. The number of hydrogen-bond donors (Lipinski definition) is 1. The summed E-state index contributed by atoms with van der Waals surface area (Å²) in [5.74, 6) is 0.112. The molecule has 1 N–H and O–H groups in total. The number of carbonyl (C=O) groups is 2. The van der Waals surface area contributed by atoms with Gasteiger partial charge >= 0.3 is 0 Å². The molecule has 1 saturated heterocycles. The Morgan fingerprint density at radius 3 is 2.75 bits per heavy atom. The predicted octanol–water partition coefficient (Wildman–Crippen LogP) is 1.30. The molecule has 0 aliphatic carbocycles. The van der Waals surface area contributed by atoms with Crippen LogP contribution in [0.25, 0.3) is 0 Å². The van der Waals surface area contributed by atoms with E-state index in [1.165, 1.54) is 0 Å². The first kappa shape index (κ1) is 13.0. The molecule has 92 valence electrons. The number of amides is 2. The van der Waals surface area contributed by atoms with E-state index in [0.29, 0.717) is 6.42 Å². The topological polar surface area (TPSA) is 49.4 Å². The Balaban J connectivity index is 2.44. The van der Waals surface area contributed by atoms with Gasteiger partial charge in [0.2, 0.25) is 11.8 Å². The summed E-state index contributed by atoms with van der Waals surface area (Å²) >= 11 is 0. The van der Waals surface area contributed by atoms with Gasteiger partial charge in [-0.3, -0.25) is 9.59 Å². The van der Waals surface area contributed by atoms with Crippen LogP contribution in [0.15, 0.2) is 0 Å². The lowest BCUT2D eigenvalue weighted by molar-refractivity contribution is -0.138. The molecule has 16 heavy (non-hydrogen) atoms. The minimum Gasteiger partial charge on any atom is -0.357 e. The van der Waals surface area contributed by atoms with Gasteiger partial charge < -0.3 is 10.2 Å². The molecule has 0 spiro atoms. The molecule has 0 aromatic heterocycles. The Hall–Kier alpha value is -1.06. The average Bonchev–Trinajstić information content (AvgIpc) is 2.77. The molecule has 1 aliphatic heterocycles. The Kier molecular flexibility index (Phi) is 5.29. The zero-order chi connectivity index (χ0) is 12.0. The van der Waals surface area contributed by atoms with Gasteiger partial charge in [-0.25, -0.2) is 0 Å². The van der Waals surface area contributed by atoms with Gasteiger partial charge in [-0.05, 0) is 19.3 Å². The molecule has 0 bridgehead atoms. The van der Waals surface area contributed by atoms with Crippen molar-refractivity contribution in [2.75, 3.05) is 13.6 Å². The summed E-state index contributed by atoms with van der Waals surface area (Å²) in [5, 5.41) is 2.63. The number of likely N-dealkylation sites (tertiary alicyclic amines) is 1. The van der Waals surface area contributed by atoms with Crippen LogP contribution in [-0.2, 0) is 9.59 Å². The monoisotopic (exact) mass is 226 g/mol. The minimum absolute atomic E-state index is 0.0265. The summed E-state index contributed by atoms with van der Waals surface area (Å²) in [5.41, 5.74) is 0. The van der Waals surface area contributed by atoms with Gasteiger partial charge in [0.15, 0.2) is 0 Å². The lowest BCUT2D eigenvalue weighted by atomic mass is 10.1. The summed E-state index contributed by atoms with van der Waals surface area (Å²) in [6.45, 7) is 2.86. The van der Waals surface area contributed by atoms with Crippen molar-refractivity contribution >= 4 is 11.8 Å². The van der Waals surface area contributed by atoms with E-state index in [9.17, 15) is 9.59 Å². The van der Waals surface area contributed by atoms with Gasteiger partial charge in [0.25, 0.3) is 0 Å². The molecule has 1 rings (SSSR count).